The number of nitrogens with zero attached hydrogens (tertiary/aromatic N) is 2. The van der Waals surface area contributed by atoms with Gasteiger partial charge >= 0.3 is 0 Å². The van der Waals surface area contributed by atoms with Crippen LogP contribution < -0.4 is 5.32 Å². The number of hydrogen-bond acceptors (Lipinski definition) is 4. The molecule has 0 spiro atoms. The van der Waals surface area contributed by atoms with Crippen LogP contribution in [0, 0.1) is 6.92 Å². The number of piperazine rings is 1. The lowest BCUT2D eigenvalue weighted by Gasteiger charge is -2.29. The Balaban J connectivity index is 1.79. The first-order chi connectivity index (χ1) is 14.4. The monoisotopic (exact) mass is 429 g/mol. The third-order valence-electron chi connectivity index (χ3n) is 5.52. The second-order valence-electron chi connectivity index (χ2n) is 7.87. The van der Waals surface area contributed by atoms with Gasteiger partial charge in [-0.1, -0.05) is 49.4 Å². The standard InChI is InChI=1S/C23H31N3O3S/c1-19-7-6-10-22(17-19)30(28,29)26(18-20(2)21-8-4-3-5-9-21)14-11-23(27)25-15-12-24-13-16-25/h3-10,17,20,24H,11-16,18H2,1-2H3. The molecule has 0 aliphatic carbocycles. The first-order valence-electron chi connectivity index (χ1n) is 10.5. The Hall–Kier alpha value is -2.22. The maximum Gasteiger partial charge on any atom is 0.243 e. The van der Waals surface area contributed by atoms with E-state index < -0.39 is 10.0 Å². The van der Waals surface area contributed by atoms with Crippen LogP contribution in [0.4, 0.5) is 0 Å². The molecule has 0 saturated carbocycles. The summed E-state index contributed by atoms with van der Waals surface area (Å²) in [5, 5.41) is 3.23. The van der Waals surface area contributed by atoms with Crippen molar-refractivity contribution in [2.24, 2.45) is 0 Å². The molecule has 1 amide bonds. The minimum absolute atomic E-state index is 0.00769. The molecule has 7 heteroatoms. The van der Waals surface area contributed by atoms with Gasteiger partial charge in [0.15, 0.2) is 0 Å². The van der Waals surface area contributed by atoms with E-state index in [0.717, 1.165) is 24.2 Å². The zero-order valence-electron chi connectivity index (χ0n) is 17.8. The van der Waals surface area contributed by atoms with Crippen molar-refractivity contribution in [2.45, 2.75) is 31.1 Å². The smallest absolute Gasteiger partial charge is 0.243 e. The molecule has 1 N–H and O–H groups in total. The average molecular weight is 430 g/mol. The van der Waals surface area contributed by atoms with Gasteiger partial charge in [0.2, 0.25) is 15.9 Å². The molecule has 1 saturated heterocycles. The molecule has 0 radical (unpaired) electrons. The number of aryl methyl sites for hydroxylation is 1. The van der Waals surface area contributed by atoms with Crippen molar-refractivity contribution < 1.29 is 13.2 Å². The van der Waals surface area contributed by atoms with Gasteiger partial charge in [0, 0.05) is 45.7 Å². The summed E-state index contributed by atoms with van der Waals surface area (Å²) < 4.78 is 28.3. The lowest BCUT2D eigenvalue weighted by Crippen LogP contribution is -2.47. The van der Waals surface area contributed by atoms with E-state index >= 15 is 0 Å². The Labute approximate surface area is 179 Å². The van der Waals surface area contributed by atoms with Crippen molar-refractivity contribution in [1.29, 1.82) is 0 Å². The van der Waals surface area contributed by atoms with Gasteiger partial charge in [-0.3, -0.25) is 4.79 Å². The highest BCUT2D eigenvalue weighted by molar-refractivity contribution is 7.89. The maximum absolute atomic E-state index is 13.4. The van der Waals surface area contributed by atoms with Crippen LogP contribution in [-0.4, -0.2) is 62.8 Å². The number of nitrogens with one attached hydrogen (secondary N) is 1. The predicted octanol–water partition coefficient (Wildman–Crippen LogP) is 2.61. The van der Waals surface area contributed by atoms with Crippen LogP contribution in [-0.2, 0) is 14.8 Å². The molecule has 2 aromatic rings. The molecule has 1 aliphatic heterocycles. The number of amides is 1. The minimum atomic E-state index is -3.70. The molecular formula is C23H31N3O3S. The summed E-state index contributed by atoms with van der Waals surface area (Å²) in [6.07, 6.45) is 0.187. The van der Waals surface area contributed by atoms with Gasteiger partial charge in [-0.05, 0) is 36.1 Å². The number of hydrogen-bond donors (Lipinski definition) is 1. The number of rotatable bonds is 8. The van der Waals surface area contributed by atoms with Gasteiger partial charge < -0.3 is 10.2 Å². The molecule has 1 unspecified atom stereocenters. The second-order valence-corrected chi connectivity index (χ2v) is 9.81. The Morgan fingerprint density at radius 2 is 1.80 bits per heavy atom. The van der Waals surface area contributed by atoms with Gasteiger partial charge in [0.25, 0.3) is 0 Å². The van der Waals surface area contributed by atoms with Gasteiger partial charge in [-0.15, -0.1) is 0 Å². The first-order valence-corrected chi connectivity index (χ1v) is 11.9. The van der Waals surface area contributed by atoms with Crippen LogP contribution in [0.3, 0.4) is 0 Å². The summed E-state index contributed by atoms with van der Waals surface area (Å²) in [7, 11) is -3.70. The summed E-state index contributed by atoms with van der Waals surface area (Å²) in [5.74, 6) is 0.0216. The van der Waals surface area contributed by atoms with E-state index in [2.05, 4.69) is 5.32 Å². The fourth-order valence-corrected chi connectivity index (χ4v) is 5.35. The molecule has 2 aromatic carbocycles. The topological polar surface area (TPSA) is 69.7 Å². The Bertz CT molecular complexity index is 941. The van der Waals surface area contributed by atoms with E-state index in [4.69, 9.17) is 0 Å². The summed E-state index contributed by atoms with van der Waals surface area (Å²) in [5.41, 5.74) is 1.97. The van der Waals surface area contributed by atoms with E-state index in [0.29, 0.717) is 19.6 Å². The van der Waals surface area contributed by atoms with Gasteiger partial charge in [-0.2, -0.15) is 4.31 Å². The van der Waals surface area contributed by atoms with Crippen LogP contribution in [0.15, 0.2) is 59.5 Å². The number of carbonyl (C=O) groups excluding carboxylic acids is 1. The summed E-state index contributed by atoms with van der Waals surface area (Å²) in [6.45, 7) is 7.30. The number of carbonyl (C=O) groups is 1. The molecule has 162 valence electrons. The third kappa shape index (κ3) is 5.68. The van der Waals surface area contributed by atoms with Crippen molar-refractivity contribution in [3.8, 4) is 0 Å². The van der Waals surface area contributed by atoms with Crippen molar-refractivity contribution >= 4 is 15.9 Å². The minimum Gasteiger partial charge on any atom is -0.340 e. The van der Waals surface area contributed by atoms with Gasteiger partial charge in [-0.25, -0.2) is 8.42 Å². The number of sulfonamides is 1. The Kier molecular flexibility index (Phi) is 7.64. The summed E-state index contributed by atoms with van der Waals surface area (Å²) in [6, 6.07) is 16.8. The average Bonchev–Trinajstić information content (AvgIpc) is 2.77. The fraction of sp³-hybridized carbons (Fsp3) is 0.435. The molecular weight excluding hydrogens is 398 g/mol. The zero-order valence-corrected chi connectivity index (χ0v) is 18.6. The fourth-order valence-electron chi connectivity index (χ4n) is 3.72. The molecule has 6 nitrogen and oxygen atoms in total. The lowest BCUT2D eigenvalue weighted by atomic mass is 10.0. The van der Waals surface area contributed by atoms with Gasteiger partial charge in [0.05, 0.1) is 4.90 Å². The maximum atomic E-state index is 13.4. The Morgan fingerprint density at radius 1 is 1.10 bits per heavy atom. The molecule has 1 heterocycles. The van der Waals surface area contributed by atoms with E-state index in [1.807, 2.05) is 55.1 Å². The van der Waals surface area contributed by atoms with E-state index in [1.165, 1.54) is 4.31 Å². The first kappa shape index (κ1) is 22.5. The van der Waals surface area contributed by atoms with E-state index in [9.17, 15) is 13.2 Å². The van der Waals surface area contributed by atoms with Crippen LogP contribution in [0.2, 0.25) is 0 Å². The normalized spacial score (nSPS) is 15.9. The largest absolute Gasteiger partial charge is 0.340 e. The van der Waals surface area contributed by atoms with Crippen molar-refractivity contribution in [3.63, 3.8) is 0 Å². The third-order valence-corrected chi connectivity index (χ3v) is 7.38. The Morgan fingerprint density at radius 3 is 2.47 bits per heavy atom. The molecule has 30 heavy (non-hydrogen) atoms. The quantitative estimate of drug-likeness (QED) is 0.700. The molecule has 1 fully saturated rings. The number of benzene rings is 2. The molecule has 1 atom stereocenters. The molecule has 0 aromatic heterocycles. The highest BCUT2D eigenvalue weighted by atomic mass is 32.2. The van der Waals surface area contributed by atoms with Crippen molar-refractivity contribution in [2.75, 3.05) is 39.3 Å². The molecule has 0 bridgehead atoms. The van der Waals surface area contributed by atoms with Gasteiger partial charge in [0.1, 0.15) is 0 Å². The summed E-state index contributed by atoms with van der Waals surface area (Å²) in [4.78, 5) is 14.7. The highest BCUT2D eigenvalue weighted by Gasteiger charge is 2.28. The van der Waals surface area contributed by atoms with Crippen LogP contribution >= 0.6 is 0 Å². The van der Waals surface area contributed by atoms with Crippen molar-refractivity contribution in [1.82, 2.24) is 14.5 Å². The second kappa shape index (κ2) is 10.2. The van der Waals surface area contributed by atoms with Crippen molar-refractivity contribution in [3.05, 3.63) is 65.7 Å². The molecule has 1 aliphatic rings. The van der Waals surface area contributed by atoms with Crippen LogP contribution in [0.5, 0.6) is 0 Å². The zero-order chi connectivity index (χ0) is 21.6. The van der Waals surface area contributed by atoms with Crippen LogP contribution in [0.25, 0.3) is 0 Å². The van der Waals surface area contributed by atoms with E-state index in [1.54, 1.807) is 18.2 Å². The predicted molar refractivity (Wildman–Crippen MR) is 119 cm³/mol. The SMILES string of the molecule is Cc1cccc(S(=O)(=O)N(CCC(=O)N2CCNCC2)CC(C)c2ccccc2)c1. The summed E-state index contributed by atoms with van der Waals surface area (Å²) >= 11 is 0. The van der Waals surface area contributed by atoms with E-state index in [-0.39, 0.29) is 29.7 Å². The van der Waals surface area contributed by atoms with Crippen LogP contribution in [0.1, 0.15) is 30.4 Å². The highest BCUT2D eigenvalue weighted by Crippen LogP contribution is 2.23. The molecule has 3 rings (SSSR count). The lowest BCUT2D eigenvalue weighted by molar-refractivity contribution is -0.131.